The fourth-order valence-corrected chi connectivity index (χ4v) is 6.21. The van der Waals surface area contributed by atoms with Gasteiger partial charge in [-0.2, -0.15) is 8.61 Å². The molecule has 0 radical (unpaired) electrons. The van der Waals surface area contributed by atoms with Crippen molar-refractivity contribution in [3.05, 3.63) is 42.2 Å². The summed E-state index contributed by atoms with van der Waals surface area (Å²) in [5.41, 5.74) is 0.521. The SMILES string of the molecule is COc1cc(C)c(S(=O)(=O)N2CCN(S(=O)(=O)c3cccnc3)CC2)cc1OC. The third kappa shape index (κ3) is 4.08. The van der Waals surface area contributed by atoms with Gasteiger partial charge in [-0.3, -0.25) is 4.98 Å². The van der Waals surface area contributed by atoms with E-state index in [0.29, 0.717) is 17.1 Å². The smallest absolute Gasteiger partial charge is 0.244 e. The maximum absolute atomic E-state index is 13.2. The van der Waals surface area contributed by atoms with E-state index in [0.717, 1.165) is 0 Å². The lowest BCUT2D eigenvalue weighted by Crippen LogP contribution is -2.50. The van der Waals surface area contributed by atoms with Crippen molar-refractivity contribution in [3.63, 3.8) is 0 Å². The Bertz CT molecular complexity index is 1080. The molecule has 0 atom stereocenters. The quantitative estimate of drug-likeness (QED) is 0.661. The van der Waals surface area contributed by atoms with Gasteiger partial charge in [0.25, 0.3) is 0 Å². The second kappa shape index (κ2) is 8.27. The van der Waals surface area contributed by atoms with Crippen LogP contribution < -0.4 is 9.47 Å². The van der Waals surface area contributed by atoms with Crippen molar-refractivity contribution < 1.29 is 26.3 Å². The lowest BCUT2D eigenvalue weighted by molar-refractivity contribution is 0.272. The lowest BCUT2D eigenvalue weighted by atomic mass is 10.2. The van der Waals surface area contributed by atoms with E-state index in [4.69, 9.17) is 9.47 Å². The Hall–Kier alpha value is -2.21. The number of hydrogen-bond donors (Lipinski definition) is 0. The maximum atomic E-state index is 13.2. The summed E-state index contributed by atoms with van der Waals surface area (Å²) in [6.07, 6.45) is 2.78. The van der Waals surface area contributed by atoms with Gasteiger partial charge in [0, 0.05) is 44.6 Å². The number of ether oxygens (including phenoxy) is 2. The Morgan fingerprint density at radius 1 is 0.897 bits per heavy atom. The molecule has 1 aromatic heterocycles. The van der Waals surface area contributed by atoms with Crippen LogP contribution in [0.5, 0.6) is 11.5 Å². The lowest BCUT2D eigenvalue weighted by Gasteiger charge is -2.33. The highest BCUT2D eigenvalue weighted by Gasteiger charge is 2.35. The fraction of sp³-hybridized carbons (Fsp3) is 0.389. The first kappa shape index (κ1) is 21.5. The fourth-order valence-electron chi connectivity index (χ4n) is 3.18. The summed E-state index contributed by atoms with van der Waals surface area (Å²) in [6.45, 7) is 1.90. The number of benzene rings is 1. The Kier molecular flexibility index (Phi) is 6.13. The molecule has 0 bridgehead atoms. The van der Waals surface area contributed by atoms with Crippen molar-refractivity contribution in [1.82, 2.24) is 13.6 Å². The molecule has 1 saturated heterocycles. The zero-order chi connectivity index (χ0) is 21.2. The van der Waals surface area contributed by atoms with Gasteiger partial charge in [-0.1, -0.05) is 0 Å². The molecule has 3 rings (SSSR count). The minimum Gasteiger partial charge on any atom is -0.493 e. The van der Waals surface area contributed by atoms with Crippen molar-refractivity contribution in [2.75, 3.05) is 40.4 Å². The molecule has 9 nitrogen and oxygen atoms in total. The van der Waals surface area contributed by atoms with E-state index in [2.05, 4.69) is 4.98 Å². The molecule has 1 aliphatic heterocycles. The summed E-state index contributed by atoms with van der Waals surface area (Å²) >= 11 is 0. The van der Waals surface area contributed by atoms with Gasteiger partial charge in [0.15, 0.2) is 11.5 Å². The number of aryl methyl sites for hydroxylation is 1. The Morgan fingerprint density at radius 2 is 1.45 bits per heavy atom. The molecule has 0 unspecified atom stereocenters. The van der Waals surface area contributed by atoms with Gasteiger partial charge in [-0.05, 0) is 30.7 Å². The summed E-state index contributed by atoms with van der Waals surface area (Å²) in [5, 5.41) is 0. The van der Waals surface area contributed by atoms with Crippen LogP contribution in [-0.2, 0) is 20.0 Å². The minimum atomic E-state index is -3.82. The van der Waals surface area contributed by atoms with Gasteiger partial charge < -0.3 is 9.47 Å². The second-order valence-electron chi connectivity index (χ2n) is 6.47. The molecule has 1 aromatic carbocycles. The summed E-state index contributed by atoms with van der Waals surface area (Å²) < 4.78 is 64.7. The molecule has 0 saturated carbocycles. The first-order chi connectivity index (χ1) is 13.7. The van der Waals surface area contributed by atoms with E-state index in [9.17, 15) is 16.8 Å². The van der Waals surface area contributed by atoms with Crippen LogP contribution in [0.15, 0.2) is 46.5 Å². The highest BCUT2D eigenvalue weighted by atomic mass is 32.2. The minimum absolute atomic E-state index is 0.0512. The number of piperazine rings is 1. The molecule has 158 valence electrons. The largest absolute Gasteiger partial charge is 0.493 e. The van der Waals surface area contributed by atoms with E-state index < -0.39 is 20.0 Å². The molecule has 0 spiro atoms. The Labute approximate surface area is 171 Å². The Balaban J connectivity index is 1.82. The van der Waals surface area contributed by atoms with Crippen molar-refractivity contribution in [2.24, 2.45) is 0 Å². The van der Waals surface area contributed by atoms with Crippen molar-refractivity contribution >= 4 is 20.0 Å². The van der Waals surface area contributed by atoms with E-state index in [1.165, 1.54) is 47.4 Å². The summed E-state index contributed by atoms with van der Waals surface area (Å²) in [6, 6.07) is 6.06. The maximum Gasteiger partial charge on any atom is 0.244 e. The van der Waals surface area contributed by atoms with E-state index in [1.54, 1.807) is 19.1 Å². The van der Waals surface area contributed by atoms with Crippen LogP contribution in [0.1, 0.15) is 5.56 Å². The summed E-state index contributed by atoms with van der Waals surface area (Å²) in [5.74, 6) is 0.755. The van der Waals surface area contributed by atoms with E-state index in [-0.39, 0.29) is 36.0 Å². The molecule has 1 aliphatic rings. The molecule has 0 aliphatic carbocycles. The first-order valence-corrected chi connectivity index (χ1v) is 11.7. The molecule has 0 amide bonds. The third-order valence-corrected chi connectivity index (χ3v) is 8.69. The van der Waals surface area contributed by atoms with E-state index >= 15 is 0 Å². The van der Waals surface area contributed by atoms with Crippen LogP contribution in [0.4, 0.5) is 0 Å². The number of sulfonamides is 2. The van der Waals surface area contributed by atoms with Crippen LogP contribution >= 0.6 is 0 Å². The van der Waals surface area contributed by atoms with Crippen LogP contribution in [0.2, 0.25) is 0 Å². The van der Waals surface area contributed by atoms with Gasteiger partial charge in [0.2, 0.25) is 20.0 Å². The van der Waals surface area contributed by atoms with Gasteiger partial charge in [-0.25, -0.2) is 16.8 Å². The Morgan fingerprint density at radius 3 is 1.97 bits per heavy atom. The summed E-state index contributed by atoms with van der Waals surface area (Å²) in [4.78, 5) is 4.05. The number of pyridine rings is 1. The molecule has 29 heavy (non-hydrogen) atoms. The normalized spacial score (nSPS) is 16.5. The van der Waals surface area contributed by atoms with Crippen LogP contribution in [-0.4, -0.2) is 70.8 Å². The van der Waals surface area contributed by atoms with Gasteiger partial charge in [-0.15, -0.1) is 0 Å². The highest BCUT2D eigenvalue weighted by molar-refractivity contribution is 7.89. The second-order valence-corrected chi connectivity index (χ2v) is 10.3. The third-order valence-electron chi connectivity index (χ3n) is 4.77. The standard InChI is InChI=1S/C18H23N3O6S2/c1-14-11-16(26-2)17(27-3)12-18(14)29(24,25)21-9-7-20(8-10-21)28(22,23)15-5-4-6-19-13-15/h4-6,11-13H,7-10H2,1-3H3. The highest BCUT2D eigenvalue weighted by Crippen LogP contribution is 2.34. The zero-order valence-electron chi connectivity index (χ0n) is 16.4. The van der Waals surface area contributed by atoms with E-state index in [1.807, 2.05) is 0 Å². The molecule has 11 heteroatoms. The number of aromatic nitrogens is 1. The predicted octanol–water partition coefficient (Wildman–Crippen LogP) is 1.10. The topological polar surface area (TPSA) is 106 Å². The molecular formula is C18H23N3O6S2. The monoisotopic (exact) mass is 441 g/mol. The zero-order valence-corrected chi connectivity index (χ0v) is 18.0. The number of methoxy groups -OCH3 is 2. The number of rotatable bonds is 6. The average molecular weight is 442 g/mol. The molecule has 2 heterocycles. The van der Waals surface area contributed by atoms with Crippen molar-refractivity contribution in [2.45, 2.75) is 16.7 Å². The van der Waals surface area contributed by atoms with Crippen LogP contribution in [0.25, 0.3) is 0 Å². The van der Waals surface area contributed by atoms with Crippen molar-refractivity contribution in [3.8, 4) is 11.5 Å². The molecule has 1 fully saturated rings. The first-order valence-electron chi connectivity index (χ1n) is 8.84. The number of hydrogen-bond acceptors (Lipinski definition) is 7. The molecule has 0 N–H and O–H groups in total. The van der Waals surface area contributed by atoms with Gasteiger partial charge >= 0.3 is 0 Å². The van der Waals surface area contributed by atoms with Crippen LogP contribution in [0.3, 0.4) is 0 Å². The number of nitrogens with zero attached hydrogens (tertiary/aromatic N) is 3. The van der Waals surface area contributed by atoms with Crippen LogP contribution in [0, 0.1) is 6.92 Å². The van der Waals surface area contributed by atoms with Gasteiger partial charge in [0.1, 0.15) is 4.90 Å². The van der Waals surface area contributed by atoms with Crippen molar-refractivity contribution in [1.29, 1.82) is 0 Å². The predicted molar refractivity (Wildman–Crippen MR) is 106 cm³/mol. The molecular weight excluding hydrogens is 418 g/mol. The average Bonchev–Trinajstić information content (AvgIpc) is 2.74. The molecule has 2 aromatic rings. The summed E-state index contributed by atoms with van der Waals surface area (Å²) in [7, 11) is -4.61. The van der Waals surface area contributed by atoms with Gasteiger partial charge in [0.05, 0.1) is 19.1 Å².